The van der Waals surface area contributed by atoms with Crippen LogP contribution in [0.2, 0.25) is 5.02 Å². The van der Waals surface area contributed by atoms with E-state index in [2.05, 4.69) is 10.3 Å². The summed E-state index contributed by atoms with van der Waals surface area (Å²) in [6.45, 7) is 0.150. The lowest BCUT2D eigenvalue weighted by molar-refractivity contribution is -0.116. The molecule has 1 aromatic heterocycles. The number of halogens is 2. The number of aromatic nitrogens is 1. The molecule has 3 rings (SSSR count). The Morgan fingerprint density at radius 3 is 2.44 bits per heavy atom. The second-order valence-electron chi connectivity index (χ2n) is 5.95. The van der Waals surface area contributed by atoms with E-state index in [1.54, 1.807) is 12.4 Å². The number of amides is 1. The van der Waals surface area contributed by atoms with Crippen molar-refractivity contribution < 1.29 is 13.9 Å². The van der Waals surface area contributed by atoms with E-state index in [0.717, 1.165) is 17.7 Å². The van der Waals surface area contributed by atoms with Gasteiger partial charge in [-0.2, -0.15) is 0 Å². The molecule has 1 heterocycles. The molecular weight excluding hydrogens is 367 g/mol. The summed E-state index contributed by atoms with van der Waals surface area (Å²) in [5.74, 6) is -0.251. The van der Waals surface area contributed by atoms with Crippen LogP contribution in [0.1, 0.15) is 17.5 Å². The van der Waals surface area contributed by atoms with Crippen LogP contribution in [0.5, 0.6) is 5.75 Å². The van der Waals surface area contributed by atoms with Crippen LogP contribution in [0.3, 0.4) is 0 Å². The van der Waals surface area contributed by atoms with Gasteiger partial charge in [0.2, 0.25) is 5.91 Å². The van der Waals surface area contributed by atoms with E-state index in [1.165, 1.54) is 23.8 Å². The average Bonchev–Trinajstić information content (AvgIpc) is 2.66. The first-order valence-corrected chi connectivity index (χ1v) is 8.83. The summed E-state index contributed by atoms with van der Waals surface area (Å²) in [5.41, 5.74) is 3.05. The van der Waals surface area contributed by atoms with Gasteiger partial charge in [-0.15, -0.1) is 0 Å². The molecule has 6 heteroatoms. The van der Waals surface area contributed by atoms with Gasteiger partial charge in [0.05, 0.1) is 18.1 Å². The predicted molar refractivity (Wildman–Crippen MR) is 104 cm³/mol. The van der Waals surface area contributed by atoms with Gasteiger partial charge in [0.25, 0.3) is 0 Å². The van der Waals surface area contributed by atoms with Crippen LogP contribution in [0.25, 0.3) is 0 Å². The molecule has 0 saturated carbocycles. The lowest BCUT2D eigenvalue weighted by Crippen LogP contribution is -2.15. The van der Waals surface area contributed by atoms with Gasteiger partial charge in [0.1, 0.15) is 11.6 Å². The van der Waals surface area contributed by atoms with Crippen molar-refractivity contribution in [3.63, 3.8) is 0 Å². The van der Waals surface area contributed by atoms with Gasteiger partial charge >= 0.3 is 0 Å². The van der Waals surface area contributed by atoms with Crippen molar-refractivity contribution in [2.24, 2.45) is 0 Å². The van der Waals surface area contributed by atoms with Crippen molar-refractivity contribution in [3.05, 3.63) is 89.0 Å². The van der Waals surface area contributed by atoms with Crippen LogP contribution in [-0.2, 0) is 11.2 Å². The number of anilines is 1. The summed E-state index contributed by atoms with van der Waals surface area (Å²) in [5, 5.41) is 3.00. The molecule has 0 radical (unpaired) electrons. The monoisotopic (exact) mass is 384 g/mol. The van der Waals surface area contributed by atoms with Gasteiger partial charge in [0.15, 0.2) is 0 Å². The predicted octanol–water partition coefficient (Wildman–Crippen LogP) is 4.87. The lowest BCUT2D eigenvalue weighted by Gasteiger charge is -2.09. The van der Waals surface area contributed by atoms with E-state index in [9.17, 15) is 9.18 Å². The van der Waals surface area contributed by atoms with Crippen molar-refractivity contribution in [2.75, 3.05) is 11.9 Å². The Hall–Kier alpha value is -2.92. The first-order chi connectivity index (χ1) is 13.1. The SMILES string of the molecule is O=C(CCOc1ccc(F)cc1Cl)Nc1ccc(Cc2ccncc2)cc1. The Morgan fingerprint density at radius 2 is 1.74 bits per heavy atom. The maximum absolute atomic E-state index is 13.0. The summed E-state index contributed by atoms with van der Waals surface area (Å²) in [6.07, 6.45) is 4.51. The number of hydrogen-bond donors (Lipinski definition) is 1. The summed E-state index contributed by atoms with van der Waals surface area (Å²) in [7, 11) is 0. The highest BCUT2D eigenvalue weighted by Gasteiger charge is 2.06. The number of nitrogens with one attached hydrogen (secondary N) is 1. The largest absolute Gasteiger partial charge is 0.491 e. The van der Waals surface area contributed by atoms with Gasteiger partial charge in [-0.05, 0) is 60.0 Å². The fraction of sp³-hybridized carbons (Fsp3) is 0.143. The van der Waals surface area contributed by atoms with Crippen molar-refractivity contribution >= 4 is 23.2 Å². The number of nitrogens with zero attached hydrogens (tertiary/aromatic N) is 1. The smallest absolute Gasteiger partial charge is 0.227 e. The molecule has 1 amide bonds. The van der Waals surface area contributed by atoms with E-state index in [1.807, 2.05) is 36.4 Å². The molecule has 0 unspecified atom stereocenters. The van der Waals surface area contributed by atoms with Gasteiger partial charge in [-0.1, -0.05) is 23.7 Å². The molecule has 0 aliphatic rings. The van der Waals surface area contributed by atoms with E-state index in [-0.39, 0.29) is 24.0 Å². The summed E-state index contributed by atoms with van der Waals surface area (Å²) in [4.78, 5) is 16.0. The van der Waals surface area contributed by atoms with Crippen molar-refractivity contribution in [1.82, 2.24) is 4.98 Å². The number of pyridine rings is 1. The molecule has 0 spiro atoms. The molecule has 0 aliphatic heterocycles. The zero-order valence-electron chi connectivity index (χ0n) is 14.5. The second-order valence-corrected chi connectivity index (χ2v) is 6.36. The third-order valence-corrected chi connectivity index (χ3v) is 4.17. The highest BCUT2D eigenvalue weighted by atomic mass is 35.5. The summed E-state index contributed by atoms with van der Waals surface area (Å²) < 4.78 is 18.4. The van der Waals surface area contributed by atoms with Gasteiger partial charge in [0, 0.05) is 18.1 Å². The molecule has 0 atom stereocenters. The Balaban J connectivity index is 1.46. The van der Waals surface area contributed by atoms with E-state index in [4.69, 9.17) is 16.3 Å². The van der Waals surface area contributed by atoms with Gasteiger partial charge < -0.3 is 10.1 Å². The average molecular weight is 385 g/mol. The minimum Gasteiger partial charge on any atom is -0.491 e. The van der Waals surface area contributed by atoms with E-state index >= 15 is 0 Å². The maximum atomic E-state index is 13.0. The standard InChI is InChI=1S/C21H18ClFN2O2/c22-19-14-17(23)3-6-20(19)27-12-9-21(26)25-18-4-1-15(2-5-18)13-16-7-10-24-11-8-16/h1-8,10-11,14H,9,12-13H2,(H,25,26). The normalized spacial score (nSPS) is 10.4. The number of ether oxygens (including phenoxy) is 1. The Kier molecular flexibility index (Phi) is 6.39. The van der Waals surface area contributed by atoms with Crippen LogP contribution in [0.15, 0.2) is 67.0 Å². The fourth-order valence-electron chi connectivity index (χ4n) is 2.51. The van der Waals surface area contributed by atoms with Crippen LogP contribution in [0.4, 0.5) is 10.1 Å². The summed E-state index contributed by atoms with van der Waals surface area (Å²) >= 11 is 5.88. The number of benzene rings is 2. The first-order valence-electron chi connectivity index (χ1n) is 8.46. The van der Waals surface area contributed by atoms with Crippen molar-refractivity contribution in [2.45, 2.75) is 12.8 Å². The quantitative estimate of drug-likeness (QED) is 0.632. The third kappa shape index (κ3) is 5.79. The van der Waals surface area contributed by atoms with Gasteiger partial charge in [-0.3, -0.25) is 9.78 Å². The maximum Gasteiger partial charge on any atom is 0.227 e. The number of carbonyl (C=O) groups is 1. The zero-order chi connectivity index (χ0) is 19.1. The molecule has 0 fully saturated rings. The summed E-state index contributed by atoms with van der Waals surface area (Å²) in [6, 6.07) is 15.5. The Labute approximate surface area is 162 Å². The zero-order valence-corrected chi connectivity index (χ0v) is 15.2. The van der Waals surface area contributed by atoms with Gasteiger partial charge in [-0.25, -0.2) is 4.39 Å². The van der Waals surface area contributed by atoms with E-state index in [0.29, 0.717) is 5.75 Å². The van der Waals surface area contributed by atoms with Crippen LogP contribution in [-0.4, -0.2) is 17.5 Å². The molecule has 2 aromatic carbocycles. The second kappa shape index (κ2) is 9.14. The molecule has 138 valence electrons. The molecule has 4 nitrogen and oxygen atoms in total. The molecule has 0 aliphatic carbocycles. The Bertz CT molecular complexity index is 902. The van der Waals surface area contributed by atoms with Crippen molar-refractivity contribution in [3.8, 4) is 5.75 Å². The molecular formula is C21H18ClFN2O2. The highest BCUT2D eigenvalue weighted by molar-refractivity contribution is 6.32. The minimum absolute atomic E-state index is 0.150. The van der Waals surface area contributed by atoms with Crippen molar-refractivity contribution in [1.29, 1.82) is 0 Å². The lowest BCUT2D eigenvalue weighted by atomic mass is 10.1. The highest BCUT2D eigenvalue weighted by Crippen LogP contribution is 2.24. The van der Waals surface area contributed by atoms with Crippen LogP contribution >= 0.6 is 11.6 Å². The number of hydrogen-bond acceptors (Lipinski definition) is 3. The topological polar surface area (TPSA) is 51.2 Å². The Morgan fingerprint density at radius 1 is 1.04 bits per heavy atom. The first kappa shape index (κ1) is 18.9. The number of carbonyl (C=O) groups excluding carboxylic acids is 1. The molecule has 3 aromatic rings. The molecule has 0 saturated heterocycles. The fourth-order valence-corrected chi connectivity index (χ4v) is 2.73. The molecule has 0 bridgehead atoms. The van der Waals surface area contributed by atoms with E-state index < -0.39 is 5.82 Å². The molecule has 27 heavy (non-hydrogen) atoms. The van der Waals surface area contributed by atoms with Crippen LogP contribution < -0.4 is 10.1 Å². The number of rotatable bonds is 7. The van der Waals surface area contributed by atoms with Crippen LogP contribution in [0, 0.1) is 5.82 Å². The molecule has 1 N–H and O–H groups in total. The minimum atomic E-state index is -0.433. The third-order valence-electron chi connectivity index (χ3n) is 3.88.